The van der Waals surface area contributed by atoms with Crippen LogP contribution in [0.2, 0.25) is 0 Å². The van der Waals surface area contributed by atoms with E-state index < -0.39 is 0 Å². The van der Waals surface area contributed by atoms with E-state index >= 15 is 0 Å². The number of carbonyl (C=O) groups excluding carboxylic acids is 1. The van der Waals surface area contributed by atoms with Crippen molar-refractivity contribution in [2.75, 3.05) is 17.6 Å². The first-order valence-electron chi connectivity index (χ1n) is 6.41. The predicted molar refractivity (Wildman–Crippen MR) is 72.3 cm³/mol. The highest BCUT2D eigenvalue weighted by atomic mass is 16.1. The Bertz CT molecular complexity index is 429. The van der Waals surface area contributed by atoms with Crippen molar-refractivity contribution in [2.45, 2.75) is 38.6 Å². The van der Waals surface area contributed by atoms with Crippen LogP contribution >= 0.6 is 0 Å². The molecule has 0 aliphatic heterocycles. The Morgan fingerprint density at radius 3 is 2.94 bits per heavy atom. The second-order valence-electron chi connectivity index (χ2n) is 4.74. The van der Waals surface area contributed by atoms with Gasteiger partial charge in [-0.2, -0.15) is 0 Å². The maximum Gasteiger partial charge on any atom is 0.220 e. The minimum absolute atomic E-state index is 0.153. The molecule has 5 heteroatoms. The number of aryl methyl sites for hydroxylation is 1. The Balaban J connectivity index is 1.64. The van der Waals surface area contributed by atoms with Crippen LogP contribution in [0.4, 0.5) is 11.5 Å². The van der Waals surface area contributed by atoms with Gasteiger partial charge in [-0.1, -0.05) is 0 Å². The normalized spacial score (nSPS) is 14.3. The molecule has 1 heterocycles. The van der Waals surface area contributed by atoms with Crippen molar-refractivity contribution in [3.8, 4) is 0 Å². The van der Waals surface area contributed by atoms with E-state index in [1.807, 2.05) is 19.1 Å². The molecule has 0 spiro atoms. The Morgan fingerprint density at radius 2 is 2.28 bits per heavy atom. The van der Waals surface area contributed by atoms with Crippen molar-refractivity contribution in [3.63, 3.8) is 0 Å². The van der Waals surface area contributed by atoms with E-state index in [9.17, 15) is 4.79 Å². The second-order valence-corrected chi connectivity index (χ2v) is 4.74. The molecule has 4 N–H and O–H groups in total. The highest BCUT2D eigenvalue weighted by Gasteiger charge is 2.22. The van der Waals surface area contributed by atoms with Crippen LogP contribution in [-0.2, 0) is 4.79 Å². The van der Waals surface area contributed by atoms with Gasteiger partial charge in [0.2, 0.25) is 5.91 Å². The number of hydrogen-bond donors (Lipinski definition) is 3. The smallest absolute Gasteiger partial charge is 0.220 e. The highest BCUT2D eigenvalue weighted by molar-refractivity contribution is 5.76. The number of nitrogens with one attached hydrogen (secondary N) is 2. The number of carbonyl (C=O) groups is 1. The molecule has 1 aliphatic carbocycles. The maximum atomic E-state index is 11.4. The lowest BCUT2D eigenvalue weighted by molar-refractivity contribution is -0.121. The van der Waals surface area contributed by atoms with Gasteiger partial charge in [0.05, 0.1) is 11.4 Å². The molecule has 18 heavy (non-hydrogen) atoms. The minimum Gasteiger partial charge on any atom is -0.397 e. The molecule has 0 radical (unpaired) electrons. The SMILES string of the molecule is Cc1nc(NCCCC(=O)NC2CC2)ccc1N. The van der Waals surface area contributed by atoms with E-state index in [2.05, 4.69) is 15.6 Å². The van der Waals surface area contributed by atoms with Crippen LogP contribution in [0.1, 0.15) is 31.4 Å². The average Bonchev–Trinajstić information content (AvgIpc) is 3.13. The summed E-state index contributed by atoms with van der Waals surface area (Å²) in [7, 11) is 0. The summed E-state index contributed by atoms with van der Waals surface area (Å²) >= 11 is 0. The number of amides is 1. The lowest BCUT2D eigenvalue weighted by Gasteiger charge is -2.07. The standard InChI is InChI=1S/C13H20N4O/c1-9-11(14)6-7-12(16-9)15-8-2-3-13(18)17-10-4-5-10/h6-7,10H,2-5,8,14H2,1H3,(H,15,16)(H,17,18). The van der Waals surface area contributed by atoms with E-state index in [4.69, 9.17) is 5.73 Å². The van der Waals surface area contributed by atoms with Crippen molar-refractivity contribution in [1.82, 2.24) is 10.3 Å². The number of nitrogens with two attached hydrogens (primary N) is 1. The molecular formula is C13H20N4O. The van der Waals surface area contributed by atoms with Crippen molar-refractivity contribution in [3.05, 3.63) is 17.8 Å². The molecule has 1 amide bonds. The monoisotopic (exact) mass is 248 g/mol. The van der Waals surface area contributed by atoms with Crippen LogP contribution < -0.4 is 16.4 Å². The van der Waals surface area contributed by atoms with E-state index in [0.29, 0.717) is 18.2 Å². The van der Waals surface area contributed by atoms with Crippen molar-refractivity contribution in [1.29, 1.82) is 0 Å². The zero-order valence-corrected chi connectivity index (χ0v) is 10.7. The number of pyridine rings is 1. The summed E-state index contributed by atoms with van der Waals surface area (Å²) < 4.78 is 0. The van der Waals surface area contributed by atoms with Crippen LogP contribution in [0.5, 0.6) is 0 Å². The molecule has 1 saturated carbocycles. The van der Waals surface area contributed by atoms with Gasteiger partial charge in [0.25, 0.3) is 0 Å². The molecule has 1 aromatic rings. The zero-order chi connectivity index (χ0) is 13.0. The first-order chi connectivity index (χ1) is 8.65. The third kappa shape index (κ3) is 3.91. The van der Waals surface area contributed by atoms with Gasteiger partial charge >= 0.3 is 0 Å². The van der Waals surface area contributed by atoms with E-state index in [-0.39, 0.29) is 5.91 Å². The fourth-order valence-electron chi connectivity index (χ4n) is 1.66. The lowest BCUT2D eigenvalue weighted by atomic mass is 10.3. The Kier molecular flexibility index (Phi) is 4.02. The van der Waals surface area contributed by atoms with Crippen molar-refractivity contribution in [2.24, 2.45) is 0 Å². The Hall–Kier alpha value is -1.78. The number of anilines is 2. The number of hydrogen-bond acceptors (Lipinski definition) is 4. The fourth-order valence-corrected chi connectivity index (χ4v) is 1.66. The number of nitrogen functional groups attached to an aromatic ring is 1. The highest BCUT2D eigenvalue weighted by Crippen LogP contribution is 2.18. The molecule has 0 saturated heterocycles. The maximum absolute atomic E-state index is 11.4. The quantitative estimate of drug-likeness (QED) is 0.666. The summed E-state index contributed by atoms with van der Waals surface area (Å²) in [6, 6.07) is 4.14. The van der Waals surface area contributed by atoms with Gasteiger partial charge in [-0.05, 0) is 38.3 Å². The van der Waals surface area contributed by atoms with Gasteiger partial charge < -0.3 is 16.4 Å². The third-order valence-corrected chi connectivity index (χ3v) is 2.96. The van der Waals surface area contributed by atoms with Crippen molar-refractivity contribution < 1.29 is 4.79 Å². The molecule has 5 nitrogen and oxygen atoms in total. The topological polar surface area (TPSA) is 80.0 Å². The number of nitrogens with zero attached hydrogens (tertiary/aromatic N) is 1. The summed E-state index contributed by atoms with van der Waals surface area (Å²) in [5, 5.41) is 6.16. The molecule has 1 aliphatic rings. The van der Waals surface area contributed by atoms with Crippen molar-refractivity contribution >= 4 is 17.4 Å². The largest absolute Gasteiger partial charge is 0.397 e. The summed E-state index contributed by atoms with van der Waals surface area (Å²) in [5.41, 5.74) is 7.22. The molecule has 0 atom stereocenters. The van der Waals surface area contributed by atoms with E-state index in [1.54, 1.807) is 0 Å². The van der Waals surface area contributed by atoms with Gasteiger partial charge in [-0.3, -0.25) is 4.79 Å². The summed E-state index contributed by atoms with van der Waals surface area (Å²) in [6.45, 7) is 2.62. The van der Waals surface area contributed by atoms with Gasteiger partial charge in [0.15, 0.2) is 0 Å². The molecule has 0 aromatic carbocycles. The average molecular weight is 248 g/mol. The summed E-state index contributed by atoms with van der Waals surface area (Å²) in [6.07, 6.45) is 3.65. The molecule has 0 bridgehead atoms. The molecular weight excluding hydrogens is 228 g/mol. The third-order valence-electron chi connectivity index (χ3n) is 2.96. The van der Waals surface area contributed by atoms with E-state index in [0.717, 1.165) is 37.3 Å². The lowest BCUT2D eigenvalue weighted by Crippen LogP contribution is -2.25. The number of rotatable bonds is 6. The predicted octanol–water partition coefficient (Wildman–Crippen LogP) is 1.44. The molecule has 98 valence electrons. The van der Waals surface area contributed by atoms with Crippen LogP contribution in [0, 0.1) is 6.92 Å². The Morgan fingerprint density at radius 1 is 1.50 bits per heavy atom. The first kappa shape index (κ1) is 12.7. The summed E-state index contributed by atoms with van der Waals surface area (Å²) in [5.74, 6) is 0.963. The van der Waals surface area contributed by atoms with Crippen LogP contribution in [0.25, 0.3) is 0 Å². The van der Waals surface area contributed by atoms with Crippen LogP contribution in [0.3, 0.4) is 0 Å². The van der Waals surface area contributed by atoms with Gasteiger partial charge in [-0.15, -0.1) is 0 Å². The Labute approximate surface area is 107 Å². The van der Waals surface area contributed by atoms with Gasteiger partial charge in [0, 0.05) is 19.0 Å². The molecule has 2 rings (SSSR count). The van der Waals surface area contributed by atoms with Gasteiger partial charge in [-0.25, -0.2) is 4.98 Å². The minimum atomic E-state index is 0.153. The second kappa shape index (κ2) is 5.71. The fraction of sp³-hybridized carbons (Fsp3) is 0.538. The van der Waals surface area contributed by atoms with Gasteiger partial charge in [0.1, 0.15) is 5.82 Å². The summed E-state index contributed by atoms with van der Waals surface area (Å²) in [4.78, 5) is 15.7. The van der Waals surface area contributed by atoms with Crippen LogP contribution in [0.15, 0.2) is 12.1 Å². The molecule has 1 fully saturated rings. The number of aromatic nitrogens is 1. The zero-order valence-electron chi connectivity index (χ0n) is 10.7. The van der Waals surface area contributed by atoms with E-state index in [1.165, 1.54) is 0 Å². The van der Waals surface area contributed by atoms with Crippen LogP contribution in [-0.4, -0.2) is 23.5 Å². The molecule has 0 unspecified atom stereocenters. The first-order valence-corrected chi connectivity index (χ1v) is 6.41. The molecule has 1 aromatic heterocycles.